The van der Waals surface area contributed by atoms with Crippen LogP contribution in [0.25, 0.3) is 0 Å². The summed E-state index contributed by atoms with van der Waals surface area (Å²) in [5.41, 5.74) is 0.482. The van der Waals surface area contributed by atoms with Crippen LogP contribution >= 0.6 is 0 Å². The van der Waals surface area contributed by atoms with Gasteiger partial charge in [-0.15, -0.1) is 0 Å². The van der Waals surface area contributed by atoms with Crippen LogP contribution < -0.4 is 0 Å². The molecule has 0 saturated carbocycles. The van der Waals surface area contributed by atoms with Crippen LogP contribution in [0.4, 0.5) is 0 Å². The highest BCUT2D eigenvalue weighted by atomic mass is 14.3. The molecule has 0 aliphatic heterocycles. The second-order valence-electron chi connectivity index (χ2n) is 5.11. The van der Waals surface area contributed by atoms with E-state index in [-0.39, 0.29) is 0 Å². The maximum absolute atomic E-state index is 2.41. The molecular formula is C12H26. The van der Waals surface area contributed by atoms with Crippen molar-refractivity contribution < 1.29 is 0 Å². The molecule has 2 atom stereocenters. The molecule has 0 aromatic rings. The van der Waals surface area contributed by atoms with E-state index >= 15 is 0 Å². The first-order valence-electron chi connectivity index (χ1n) is 5.43. The van der Waals surface area contributed by atoms with Gasteiger partial charge in [0.25, 0.3) is 0 Å². The molecule has 0 heterocycles. The van der Waals surface area contributed by atoms with Gasteiger partial charge in [-0.05, 0) is 17.3 Å². The van der Waals surface area contributed by atoms with Gasteiger partial charge in [-0.2, -0.15) is 0 Å². The Labute approximate surface area is 78.8 Å². The summed E-state index contributed by atoms with van der Waals surface area (Å²) in [6.07, 6.45) is 4.07. The summed E-state index contributed by atoms with van der Waals surface area (Å²) >= 11 is 0. The van der Waals surface area contributed by atoms with Crippen LogP contribution in [0.2, 0.25) is 0 Å². The first kappa shape index (κ1) is 12.0. The fourth-order valence-electron chi connectivity index (χ4n) is 1.89. The van der Waals surface area contributed by atoms with Gasteiger partial charge in [0.1, 0.15) is 0 Å². The number of rotatable bonds is 4. The molecule has 12 heavy (non-hydrogen) atoms. The third-order valence-electron chi connectivity index (χ3n) is 3.26. The first-order chi connectivity index (χ1) is 5.43. The lowest BCUT2D eigenvalue weighted by molar-refractivity contribution is 0.163. The molecule has 0 aliphatic rings. The predicted octanol–water partition coefficient (Wildman–Crippen LogP) is 4.49. The monoisotopic (exact) mass is 170 g/mol. The summed E-state index contributed by atoms with van der Waals surface area (Å²) in [5, 5.41) is 0. The molecule has 74 valence electrons. The topological polar surface area (TPSA) is 0 Å². The van der Waals surface area contributed by atoms with Crippen molar-refractivity contribution in [2.24, 2.45) is 17.3 Å². The lowest BCUT2D eigenvalue weighted by Crippen LogP contribution is -2.25. The summed E-state index contributed by atoms with van der Waals surface area (Å²) in [4.78, 5) is 0. The average Bonchev–Trinajstić information content (AvgIpc) is 1.97. The largest absolute Gasteiger partial charge is 0.0654 e. The van der Waals surface area contributed by atoms with Gasteiger partial charge < -0.3 is 0 Å². The third kappa shape index (κ3) is 3.60. The summed E-state index contributed by atoms with van der Waals surface area (Å²) in [6, 6.07) is 0. The minimum absolute atomic E-state index is 0.482. The van der Waals surface area contributed by atoms with Gasteiger partial charge in [0.05, 0.1) is 0 Å². The van der Waals surface area contributed by atoms with Crippen LogP contribution in [0, 0.1) is 17.3 Å². The van der Waals surface area contributed by atoms with Crippen LogP contribution in [0.3, 0.4) is 0 Å². The minimum Gasteiger partial charge on any atom is -0.0654 e. The van der Waals surface area contributed by atoms with Crippen LogP contribution in [-0.4, -0.2) is 0 Å². The molecule has 0 aromatic carbocycles. The zero-order valence-electron chi connectivity index (χ0n) is 9.78. The van der Waals surface area contributed by atoms with Crippen molar-refractivity contribution in [1.29, 1.82) is 0 Å². The minimum atomic E-state index is 0.482. The maximum Gasteiger partial charge on any atom is -0.0354 e. The highest BCUT2D eigenvalue weighted by molar-refractivity contribution is 4.76. The zero-order valence-corrected chi connectivity index (χ0v) is 9.78. The average molecular weight is 170 g/mol. The van der Waals surface area contributed by atoms with E-state index in [0.717, 1.165) is 11.8 Å². The predicted molar refractivity (Wildman–Crippen MR) is 57.3 cm³/mol. The van der Waals surface area contributed by atoms with Crippen LogP contribution in [0.1, 0.15) is 60.8 Å². The second-order valence-corrected chi connectivity index (χ2v) is 5.11. The molecule has 0 fully saturated rings. The Kier molecular flexibility index (Phi) is 4.89. The van der Waals surface area contributed by atoms with Crippen molar-refractivity contribution in [3.05, 3.63) is 0 Å². The van der Waals surface area contributed by atoms with E-state index in [1.54, 1.807) is 0 Å². The smallest absolute Gasteiger partial charge is 0.0354 e. The molecule has 0 aromatic heterocycles. The van der Waals surface area contributed by atoms with Gasteiger partial charge in [0.15, 0.2) is 0 Å². The number of hydrogen-bond donors (Lipinski definition) is 0. The highest BCUT2D eigenvalue weighted by Gasteiger charge is 2.26. The summed E-state index contributed by atoms with van der Waals surface area (Å²) in [6.45, 7) is 14.1. The van der Waals surface area contributed by atoms with E-state index in [1.807, 2.05) is 0 Å². The summed E-state index contributed by atoms with van der Waals surface area (Å²) in [7, 11) is 0. The van der Waals surface area contributed by atoms with Crippen molar-refractivity contribution in [2.45, 2.75) is 60.8 Å². The SMILES string of the molecule is CCCC(CC)C(C)C(C)(C)C. The molecule has 0 spiro atoms. The Hall–Kier alpha value is 0. The van der Waals surface area contributed by atoms with Crippen molar-refractivity contribution in [3.63, 3.8) is 0 Å². The van der Waals surface area contributed by atoms with Crippen LogP contribution in [0.15, 0.2) is 0 Å². The quantitative estimate of drug-likeness (QED) is 0.583. The van der Waals surface area contributed by atoms with E-state index in [9.17, 15) is 0 Å². The van der Waals surface area contributed by atoms with Crippen molar-refractivity contribution >= 4 is 0 Å². The Morgan fingerprint density at radius 2 is 1.58 bits per heavy atom. The van der Waals surface area contributed by atoms with E-state index in [2.05, 4.69) is 41.5 Å². The van der Waals surface area contributed by atoms with Crippen molar-refractivity contribution in [2.75, 3.05) is 0 Å². The molecule has 0 N–H and O–H groups in total. The standard InChI is InChI=1S/C12H26/c1-7-9-11(8-2)10(3)12(4,5)6/h10-11H,7-9H2,1-6H3. The lowest BCUT2D eigenvalue weighted by atomic mass is 9.72. The molecule has 0 bridgehead atoms. The van der Waals surface area contributed by atoms with Crippen molar-refractivity contribution in [3.8, 4) is 0 Å². The summed E-state index contributed by atoms with van der Waals surface area (Å²) < 4.78 is 0. The van der Waals surface area contributed by atoms with E-state index in [1.165, 1.54) is 19.3 Å². The van der Waals surface area contributed by atoms with Crippen LogP contribution in [0.5, 0.6) is 0 Å². The molecule has 0 amide bonds. The van der Waals surface area contributed by atoms with Gasteiger partial charge in [-0.3, -0.25) is 0 Å². The van der Waals surface area contributed by atoms with E-state index < -0.39 is 0 Å². The molecule has 0 nitrogen and oxygen atoms in total. The van der Waals surface area contributed by atoms with E-state index in [0.29, 0.717) is 5.41 Å². The molecule has 0 heteroatoms. The third-order valence-corrected chi connectivity index (χ3v) is 3.26. The molecular weight excluding hydrogens is 144 g/mol. The molecule has 0 radical (unpaired) electrons. The summed E-state index contributed by atoms with van der Waals surface area (Å²) in [5.74, 6) is 1.78. The van der Waals surface area contributed by atoms with E-state index in [4.69, 9.17) is 0 Å². The molecule has 0 saturated heterocycles. The maximum atomic E-state index is 2.41. The van der Waals surface area contributed by atoms with Gasteiger partial charge in [-0.25, -0.2) is 0 Å². The Morgan fingerprint density at radius 1 is 1.08 bits per heavy atom. The van der Waals surface area contributed by atoms with Gasteiger partial charge in [0.2, 0.25) is 0 Å². The Balaban J connectivity index is 4.11. The molecule has 0 aliphatic carbocycles. The second kappa shape index (κ2) is 4.89. The molecule has 0 rings (SSSR count). The first-order valence-corrected chi connectivity index (χ1v) is 5.43. The Morgan fingerprint density at radius 3 is 1.83 bits per heavy atom. The normalized spacial score (nSPS) is 17.5. The lowest BCUT2D eigenvalue weighted by Gasteiger charge is -2.34. The Bertz CT molecular complexity index is 108. The van der Waals surface area contributed by atoms with Gasteiger partial charge in [0, 0.05) is 0 Å². The highest BCUT2D eigenvalue weighted by Crippen LogP contribution is 2.35. The van der Waals surface area contributed by atoms with Crippen molar-refractivity contribution in [1.82, 2.24) is 0 Å². The fraction of sp³-hybridized carbons (Fsp3) is 1.00. The van der Waals surface area contributed by atoms with Gasteiger partial charge >= 0.3 is 0 Å². The molecule has 2 unspecified atom stereocenters. The van der Waals surface area contributed by atoms with Gasteiger partial charge in [-0.1, -0.05) is 60.8 Å². The van der Waals surface area contributed by atoms with Crippen LogP contribution in [-0.2, 0) is 0 Å². The fourth-order valence-corrected chi connectivity index (χ4v) is 1.89. The number of hydrogen-bond acceptors (Lipinski definition) is 0. The zero-order chi connectivity index (χ0) is 9.78.